The molecule has 1 aliphatic rings. The number of nitro benzene ring substituents is 2. The van der Waals surface area contributed by atoms with Crippen LogP contribution in [0.25, 0.3) is 0 Å². The van der Waals surface area contributed by atoms with Crippen molar-refractivity contribution in [2.45, 2.75) is 26.1 Å². The molecule has 0 unspecified atom stereocenters. The Morgan fingerprint density at radius 2 is 1.83 bits per heavy atom. The Labute approximate surface area is 267 Å². The quantitative estimate of drug-likeness (QED) is 0.0642. The largest absolute Gasteiger partial charge is 0.490 e. The summed E-state index contributed by atoms with van der Waals surface area (Å²) in [7, 11) is 1.24. The molecule has 0 spiro atoms. The minimum absolute atomic E-state index is 0.184. The van der Waals surface area contributed by atoms with E-state index in [1.807, 2.05) is 0 Å². The third kappa shape index (κ3) is 8.49. The molecule has 17 nitrogen and oxygen atoms in total. The Balaban J connectivity index is 1.40. The number of urea groups is 1. The van der Waals surface area contributed by atoms with Gasteiger partial charge in [0.25, 0.3) is 5.69 Å². The molecule has 47 heavy (non-hydrogen) atoms. The number of esters is 1. The maximum Gasteiger partial charge on any atom is 0.337 e. The van der Waals surface area contributed by atoms with Crippen LogP contribution in [0.4, 0.5) is 16.2 Å². The van der Waals surface area contributed by atoms with Gasteiger partial charge in [-0.1, -0.05) is 18.2 Å². The molecule has 17 heteroatoms. The van der Waals surface area contributed by atoms with E-state index < -0.39 is 45.5 Å². The molecule has 4 N–H and O–H groups in total. The summed E-state index contributed by atoms with van der Waals surface area (Å²) < 4.78 is 21.9. The van der Waals surface area contributed by atoms with Gasteiger partial charge >= 0.3 is 17.7 Å². The number of ether oxygens (including phenoxy) is 4. The van der Waals surface area contributed by atoms with Crippen LogP contribution >= 0.6 is 0 Å². The van der Waals surface area contributed by atoms with Gasteiger partial charge in [0.05, 0.1) is 47.5 Å². The fourth-order valence-corrected chi connectivity index (χ4v) is 4.45. The van der Waals surface area contributed by atoms with E-state index in [-0.39, 0.29) is 36.0 Å². The van der Waals surface area contributed by atoms with E-state index in [1.165, 1.54) is 25.5 Å². The van der Waals surface area contributed by atoms with Gasteiger partial charge in [0.2, 0.25) is 5.75 Å². The van der Waals surface area contributed by atoms with Crippen LogP contribution < -0.4 is 30.3 Å². The van der Waals surface area contributed by atoms with Crippen LogP contribution in [-0.4, -0.2) is 59.7 Å². The lowest BCUT2D eigenvalue weighted by Crippen LogP contribution is -2.45. The van der Waals surface area contributed by atoms with Crippen LogP contribution in [0, 0.1) is 20.2 Å². The standard InChI is InChI=1S/C30H30N6O11/c1-4-45-25-13-19(28-27(29(38)44-3)17(2)32-30(39)33-28)8-10-24(25)46-16-26(37)34-31-15-18-6-5-7-21(12-18)47-23-11-9-20(35(40)41)14-22(23)36(42)43/h5-15,26,28,34,37H,4,16H2,1-3H3,(H2,32,33,39)/b31-15+/t26-,28+/m0/s1. The number of benzene rings is 3. The molecule has 0 radical (unpaired) electrons. The van der Waals surface area contributed by atoms with Crippen LogP contribution in [-0.2, 0) is 9.53 Å². The first-order valence-corrected chi connectivity index (χ1v) is 13.9. The zero-order valence-electron chi connectivity index (χ0n) is 25.3. The number of carbonyl (C=O) groups excluding carboxylic acids is 2. The first-order valence-electron chi connectivity index (χ1n) is 13.9. The molecule has 0 aliphatic carbocycles. The van der Waals surface area contributed by atoms with E-state index in [0.717, 1.165) is 18.2 Å². The highest BCUT2D eigenvalue weighted by atomic mass is 16.6. The number of carbonyl (C=O) groups is 2. The molecule has 2 amide bonds. The Morgan fingerprint density at radius 3 is 2.53 bits per heavy atom. The van der Waals surface area contributed by atoms with Gasteiger partial charge in [-0.15, -0.1) is 0 Å². The molecular formula is C30H30N6O11. The Morgan fingerprint density at radius 1 is 1.06 bits per heavy atom. The van der Waals surface area contributed by atoms with Crippen molar-refractivity contribution in [2.24, 2.45) is 5.10 Å². The molecular weight excluding hydrogens is 620 g/mol. The number of non-ortho nitro benzene ring substituents is 1. The molecule has 4 rings (SSSR count). The fourth-order valence-electron chi connectivity index (χ4n) is 4.45. The minimum Gasteiger partial charge on any atom is -0.490 e. The maximum atomic E-state index is 12.4. The van der Waals surface area contributed by atoms with Crippen molar-refractivity contribution >= 4 is 29.6 Å². The van der Waals surface area contributed by atoms with Crippen molar-refractivity contribution in [3.8, 4) is 23.0 Å². The number of amides is 2. The second-order valence-electron chi connectivity index (χ2n) is 9.76. The first-order chi connectivity index (χ1) is 22.5. The Bertz CT molecular complexity index is 1740. The number of aliphatic hydroxyl groups is 1. The molecule has 0 saturated heterocycles. The molecule has 0 saturated carbocycles. The molecule has 246 valence electrons. The summed E-state index contributed by atoms with van der Waals surface area (Å²) in [5, 5.41) is 42.0. The highest BCUT2D eigenvalue weighted by Crippen LogP contribution is 2.36. The molecule has 1 heterocycles. The van der Waals surface area contributed by atoms with Crippen molar-refractivity contribution in [1.29, 1.82) is 0 Å². The maximum absolute atomic E-state index is 12.4. The average Bonchev–Trinajstić information content (AvgIpc) is 3.03. The van der Waals surface area contributed by atoms with E-state index in [1.54, 1.807) is 44.2 Å². The topological polar surface area (TPSA) is 226 Å². The molecule has 0 bridgehead atoms. The highest BCUT2D eigenvalue weighted by molar-refractivity contribution is 5.95. The van der Waals surface area contributed by atoms with E-state index in [0.29, 0.717) is 22.6 Å². The molecule has 3 aromatic carbocycles. The Kier molecular flexibility index (Phi) is 10.9. The third-order valence-electron chi connectivity index (χ3n) is 6.55. The van der Waals surface area contributed by atoms with Gasteiger partial charge < -0.3 is 34.7 Å². The summed E-state index contributed by atoms with van der Waals surface area (Å²) in [5.41, 5.74) is 3.12. The summed E-state index contributed by atoms with van der Waals surface area (Å²) in [6.07, 6.45) is 0.102. The van der Waals surface area contributed by atoms with Gasteiger partial charge in [0.15, 0.2) is 17.7 Å². The summed E-state index contributed by atoms with van der Waals surface area (Å²) in [6.45, 7) is 3.39. The molecule has 3 aromatic rings. The summed E-state index contributed by atoms with van der Waals surface area (Å²) in [4.78, 5) is 45.4. The van der Waals surface area contributed by atoms with Crippen molar-refractivity contribution in [3.05, 3.63) is 103 Å². The van der Waals surface area contributed by atoms with Crippen molar-refractivity contribution < 1.29 is 43.5 Å². The summed E-state index contributed by atoms with van der Waals surface area (Å²) >= 11 is 0. The van der Waals surface area contributed by atoms with E-state index in [9.17, 15) is 34.9 Å². The fraction of sp³-hybridized carbons (Fsp3) is 0.233. The predicted molar refractivity (Wildman–Crippen MR) is 165 cm³/mol. The molecule has 0 aromatic heterocycles. The molecule has 2 atom stereocenters. The summed E-state index contributed by atoms with van der Waals surface area (Å²) in [5.74, 6) is -0.00157. The van der Waals surface area contributed by atoms with Crippen LogP contribution in [0.2, 0.25) is 0 Å². The SMILES string of the molecule is CCOc1cc([C@H]2NC(=O)NC(C)=C2C(=O)OC)ccc1OC[C@H](O)N/N=C/c1cccc(Oc2ccc([N+](=O)[O-])cc2[N+](=O)[O-])c1. The van der Waals surface area contributed by atoms with Gasteiger partial charge in [-0.3, -0.25) is 25.7 Å². The van der Waals surface area contributed by atoms with Gasteiger partial charge in [-0.2, -0.15) is 5.10 Å². The third-order valence-corrected chi connectivity index (χ3v) is 6.55. The highest BCUT2D eigenvalue weighted by Gasteiger charge is 2.32. The average molecular weight is 651 g/mol. The van der Waals surface area contributed by atoms with Gasteiger partial charge in [0.1, 0.15) is 12.4 Å². The number of methoxy groups -OCH3 is 1. The number of rotatable bonds is 14. The van der Waals surface area contributed by atoms with Crippen molar-refractivity contribution in [3.63, 3.8) is 0 Å². The second-order valence-corrected chi connectivity index (χ2v) is 9.76. The lowest BCUT2D eigenvalue weighted by atomic mass is 9.95. The normalized spacial score (nSPS) is 14.9. The van der Waals surface area contributed by atoms with Crippen LogP contribution in [0.3, 0.4) is 0 Å². The first kappa shape index (κ1) is 33.7. The van der Waals surface area contributed by atoms with Gasteiger partial charge in [-0.25, -0.2) is 9.59 Å². The second kappa shape index (κ2) is 15.2. The van der Waals surface area contributed by atoms with Crippen molar-refractivity contribution in [2.75, 3.05) is 20.3 Å². The van der Waals surface area contributed by atoms with Crippen LogP contribution in [0.15, 0.2) is 77.0 Å². The predicted octanol–water partition coefficient (Wildman–Crippen LogP) is 3.82. The molecule has 1 aliphatic heterocycles. The summed E-state index contributed by atoms with van der Waals surface area (Å²) in [6, 6.07) is 12.9. The number of allylic oxidation sites excluding steroid dienone is 1. The number of nitro groups is 2. The smallest absolute Gasteiger partial charge is 0.337 e. The van der Waals surface area contributed by atoms with Crippen LogP contribution in [0.5, 0.6) is 23.0 Å². The van der Waals surface area contributed by atoms with E-state index >= 15 is 0 Å². The number of nitrogens with zero attached hydrogens (tertiary/aromatic N) is 3. The number of hydrogen-bond donors (Lipinski definition) is 4. The number of nitrogens with one attached hydrogen (secondary N) is 3. The number of hydrazone groups is 1. The van der Waals surface area contributed by atoms with Gasteiger partial charge in [-0.05, 0) is 55.3 Å². The van der Waals surface area contributed by atoms with E-state index in [4.69, 9.17) is 18.9 Å². The molecule has 0 fully saturated rings. The minimum atomic E-state index is -1.26. The lowest BCUT2D eigenvalue weighted by Gasteiger charge is -2.28. The lowest BCUT2D eigenvalue weighted by molar-refractivity contribution is -0.394. The monoisotopic (exact) mass is 650 g/mol. The zero-order valence-corrected chi connectivity index (χ0v) is 25.3. The number of hydrogen-bond acceptors (Lipinski definition) is 13. The van der Waals surface area contributed by atoms with Gasteiger partial charge in [0, 0.05) is 11.8 Å². The van der Waals surface area contributed by atoms with E-state index in [2.05, 4.69) is 21.2 Å². The zero-order chi connectivity index (χ0) is 34.1. The Hall–Kier alpha value is -6.23. The van der Waals surface area contributed by atoms with Crippen LogP contribution in [0.1, 0.15) is 31.0 Å². The number of aliphatic hydroxyl groups excluding tert-OH is 1. The van der Waals surface area contributed by atoms with Crippen molar-refractivity contribution in [1.82, 2.24) is 16.1 Å².